The zero-order valence-corrected chi connectivity index (χ0v) is 81.5. The molecule has 0 aromatic heterocycles. The van der Waals surface area contributed by atoms with Gasteiger partial charge in [-0.2, -0.15) is 0 Å². The van der Waals surface area contributed by atoms with Gasteiger partial charge in [0.15, 0.2) is 0 Å². The molecule has 0 spiro atoms. The number of hydrogen-bond acceptors (Lipinski definition) is 3. The van der Waals surface area contributed by atoms with Gasteiger partial charge in [0.2, 0.25) is 0 Å². The normalized spacial score (nSPS) is 15.3. The van der Waals surface area contributed by atoms with Gasteiger partial charge in [-0.1, -0.05) is 481 Å². The molecule has 3 atom stereocenters. The molecule has 0 heterocycles. The Labute approximate surface area is 846 Å². The molecule has 0 saturated carbocycles. The zero-order chi connectivity index (χ0) is 96.9. The Hall–Kier alpha value is -17.8. The van der Waals surface area contributed by atoms with Crippen LogP contribution in [-0.4, -0.2) is 0 Å². The lowest BCUT2D eigenvalue weighted by Crippen LogP contribution is -2.22. The van der Waals surface area contributed by atoms with E-state index in [1.807, 2.05) is 0 Å². The summed E-state index contributed by atoms with van der Waals surface area (Å²) in [7, 11) is 0. The Bertz CT molecular complexity index is 8440. The van der Waals surface area contributed by atoms with Gasteiger partial charge in [-0.3, -0.25) is 0 Å². The van der Waals surface area contributed by atoms with Crippen LogP contribution in [-0.2, 0) is 21.7 Å². The maximum atomic E-state index is 2.49. The van der Waals surface area contributed by atoms with E-state index in [1.165, 1.54) is 195 Å². The first kappa shape index (κ1) is 88.9. The van der Waals surface area contributed by atoms with E-state index in [0.717, 1.165) is 28.4 Å². The van der Waals surface area contributed by atoms with Gasteiger partial charge in [-0.05, 0) is 268 Å². The van der Waals surface area contributed by atoms with Gasteiger partial charge in [0.25, 0.3) is 0 Å². The Morgan fingerprint density at radius 1 is 0.132 bits per heavy atom. The van der Waals surface area contributed by atoms with Gasteiger partial charge in [0, 0.05) is 72.5 Å². The Balaban J connectivity index is 0.000000116. The minimum Gasteiger partial charge on any atom is -0.310 e. The third-order valence-corrected chi connectivity index (χ3v) is 30.9. The van der Waals surface area contributed by atoms with Crippen molar-refractivity contribution in [3.05, 3.63) is 619 Å². The predicted molar refractivity (Wildman–Crippen MR) is 606 cm³/mol. The Morgan fingerprint density at radius 2 is 0.354 bits per heavy atom. The molecule has 686 valence electrons. The minimum absolute atomic E-state index is 0.0953. The van der Waals surface area contributed by atoms with Crippen molar-refractivity contribution in [2.45, 2.75) is 56.3 Å². The molecule has 3 heteroatoms. The minimum atomic E-state index is -0.281. The van der Waals surface area contributed by atoms with E-state index < -0.39 is 0 Å². The molecule has 0 bridgehead atoms. The average molecular weight is 1840 g/mol. The maximum absolute atomic E-state index is 2.49. The highest BCUT2D eigenvalue weighted by Gasteiger charge is 2.47. The zero-order valence-electron chi connectivity index (χ0n) is 81.5. The van der Waals surface area contributed by atoms with Crippen LogP contribution in [0.1, 0.15) is 95.8 Å². The molecule has 3 nitrogen and oxygen atoms in total. The van der Waals surface area contributed by atoms with Gasteiger partial charge < -0.3 is 14.7 Å². The molecule has 144 heavy (non-hydrogen) atoms. The largest absolute Gasteiger partial charge is 0.310 e. The topological polar surface area (TPSA) is 9.72 Å². The van der Waals surface area contributed by atoms with Crippen molar-refractivity contribution in [2.75, 3.05) is 14.7 Å². The molecule has 0 amide bonds. The van der Waals surface area contributed by atoms with Crippen LogP contribution in [0.25, 0.3) is 111 Å². The van der Waals surface area contributed by atoms with E-state index in [2.05, 4.69) is 607 Å². The van der Waals surface area contributed by atoms with Gasteiger partial charge in [-0.15, -0.1) is 0 Å². The summed E-state index contributed by atoms with van der Waals surface area (Å²) < 4.78 is 0. The van der Waals surface area contributed by atoms with Crippen LogP contribution in [0.4, 0.5) is 51.2 Å². The number of rotatable bonds is 18. The summed E-state index contributed by atoms with van der Waals surface area (Å²) in [6, 6.07) is 203. The lowest BCUT2D eigenvalue weighted by Gasteiger charge is -2.31. The monoisotopic (exact) mass is 1840 g/mol. The van der Waals surface area contributed by atoms with Crippen LogP contribution in [0.5, 0.6) is 0 Å². The van der Waals surface area contributed by atoms with Crippen molar-refractivity contribution in [1.29, 1.82) is 0 Å². The van der Waals surface area contributed by atoms with E-state index in [9.17, 15) is 0 Å². The van der Waals surface area contributed by atoms with Gasteiger partial charge in [-0.25, -0.2) is 0 Å². The molecule has 3 unspecified atom stereocenters. The maximum Gasteiger partial charge on any atom is 0.0543 e. The highest BCUT2D eigenvalue weighted by molar-refractivity contribution is 6.01. The van der Waals surface area contributed by atoms with Crippen LogP contribution in [0.15, 0.2) is 558 Å². The Kier molecular flexibility index (Phi) is 23.1. The van der Waals surface area contributed by atoms with Crippen molar-refractivity contribution >= 4 is 51.2 Å². The number of nitrogens with zero attached hydrogens (tertiary/aromatic N) is 3. The molecule has 0 fully saturated rings. The summed E-state index contributed by atoms with van der Waals surface area (Å²) in [6.07, 6.45) is 0. The highest BCUT2D eigenvalue weighted by atomic mass is 15.2. The highest BCUT2D eigenvalue weighted by Crippen LogP contribution is 2.62. The molecule has 22 aromatic rings. The van der Waals surface area contributed by atoms with Crippen LogP contribution in [0.3, 0.4) is 0 Å². The van der Waals surface area contributed by atoms with Crippen molar-refractivity contribution in [3.8, 4) is 111 Å². The smallest absolute Gasteiger partial charge is 0.0543 e. The third-order valence-electron chi connectivity index (χ3n) is 30.9. The quantitative estimate of drug-likeness (QED) is 0.0848. The van der Waals surface area contributed by atoms with Gasteiger partial charge in [0.1, 0.15) is 0 Å². The fraction of sp³-hybridized carbons (Fsp3) is 0.0638. The fourth-order valence-electron chi connectivity index (χ4n) is 23.6. The van der Waals surface area contributed by atoms with Crippen LogP contribution in [0.2, 0.25) is 0 Å². The van der Waals surface area contributed by atoms with E-state index in [4.69, 9.17) is 0 Å². The lowest BCUT2D eigenvalue weighted by molar-refractivity contribution is 0.660. The summed E-state index contributed by atoms with van der Waals surface area (Å²) >= 11 is 0. The first-order valence-electron chi connectivity index (χ1n) is 50.3. The third kappa shape index (κ3) is 15.6. The molecule has 0 radical (unpaired) electrons. The van der Waals surface area contributed by atoms with E-state index in [-0.39, 0.29) is 21.7 Å². The summed E-state index contributed by atoms with van der Waals surface area (Å²) in [4.78, 5) is 7.36. The first-order chi connectivity index (χ1) is 70.9. The van der Waals surface area contributed by atoms with Crippen molar-refractivity contribution in [2.24, 2.45) is 0 Å². The second-order valence-electron chi connectivity index (χ2n) is 39.2. The average Bonchev–Trinajstić information content (AvgIpc) is 1.56. The Morgan fingerprint density at radius 3 is 0.701 bits per heavy atom. The van der Waals surface area contributed by atoms with E-state index in [0.29, 0.717) is 0 Å². The lowest BCUT2D eigenvalue weighted by atomic mass is 9.74. The molecule has 4 aliphatic carbocycles. The summed E-state index contributed by atoms with van der Waals surface area (Å²) in [6.45, 7) is 11.9. The molecule has 0 saturated heterocycles. The SMILES string of the molecule is CC1(C)c2ccccc2-c2ccc(N(c3ccc(-c4ccccc4)cc3)c3cccc4c3-c3ccccc3C4(C)c3ccccc3)cc21.CC1(c2ccccc2)c2ccccc2-c2c(N(c3ccc(-c4ccccc4)cc3)c3ccc(-c4ccccc4-c4ccccc4)cc3)cccc21.CC1(c2ccccc2)c2ccccc2-c2c(N(c3ccc(-c4ccccc4)cc3)c3cccc(-c4ccccc4)c3)cccc21. The summed E-state index contributed by atoms with van der Waals surface area (Å²) in [5, 5.41) is 0. The van der Waals surface area contributed by atoms with Crippen molar-refractivity contribution < 1.29 is 0 Å². The molecule has 26 rings (SSSR count). The predicted octanol–water partition coefficient (Wildman–Crippen LogP) is 37.8. The molecule has 22 aromatic carbocycles. The molecule has 0 N–H and O–H groups in total. The standard InChI is InChI=1S/C50H37N.C47H37N.C44H33N/c1-50(40-20-9-4-10-21-40)46-25-14-13-24-45(46)49-47(50)26-15-27-48(49)51(41-32-28-37(29-33-41)36-16-5-2-6-17-36)42-34-30-39(31-35-42)44-23-12-11-22-43(44)38-18-7-3-8-19-38;1-46(2)40-21-12-10-19-37(40)38-30-29-36(31-43(38)46)48(35-27-25-33(26-28-35)32-15-6-4-7-16-32)44-24-14-23-42-45(44)39-20-11-13-22-41(39)47(42,3)34-17-8-5-9-18-34;1-44(36-20-9-4-10-21-36)40-24-12-11-23-39(40)43-41(44)25-14-26-42(43)45(37-29-27-34(28-30-37)32-15-5-2-6-16-32)38-22-13-19-35(31-38)33-17-7-3-8-18-33/h2-35H,1H3;4-31H,1-3H3;2-31H,1H3. The number of anilines is 9. The second-order valence-corrected chi connectivity index (χ2v) is 39.2. The molecular weight excluding hydrogens is 1740 g/mol. The molecule has 0 aliphatic heterocycles. The second kappa shape index (κ2) is 37.4. The summed E-state index contributed by atoms with van der Waals surface area (Å²) in [5.41, 5.74) is 49.1. The summed E-state index contributed by atoms with van der Waals surface area (Å²) in [5.74, 6) is 0. The van der Waals surface area contributed by atoms with E-state index in [1.54, 1.807) is 0 Å². The van der Waals surface area contributed by atoms with Crippen LogP contribution < -0.4 is 14.7 Å². The van der Waals surface area contributed by atoms with Gasteiger partial charge in [0.05, 0.1) is 17.1 Å². The number of fused-ring (bicyclic) bond motifs is 12. The first-order valence-corrected chi connectivity index (χ1v) is 50.3. The number of benzene rings is 22. The molecule has 4 aliphatic rings. The van der Waals surface area contributed by atoms with Crippen LogP contribution >= 0.6 is 0 Å². The van der Waals surface area contributed by atoms with E-state index >= 15 is 0 Å². The fourth-order valence-corrected chi connectivity index (χ4v) is 23.6. The number of hydrogen-bond donors (Lipinski definition) is 0. The van der Waals surface area contributed by atoms with Crippen LogP contribution in [0, 0.1) is 0 Å². The molecular formula is C141H107N3. The van der Waals surface area contributed by atoms with Gasteiger partial charge >= 0.3 is 0 Å². The van der Waals surface area contributed by atoms with Crippen molar-refractivity contribution in [3.63, 3.8) is 0 Å². The van der Waals surface area contributed by atoms with Crippen molar-refractivity contribution in [1.82, 2.24) is 0 Å².